The number of ether oxygens (including phenoxy) is 2. The highest BCUT2D eigenvalue weighted by Gasteiger charge is 2.15. The van der Waals surface area contributed by atoms with Gasteiger partial charge in [-0.25, -0.2) is 4.39 Å². The smallest absolute Gasteiger partial charge is 0.253 e. The number of methoxy groups -OCH3 is 2. The quantitative estimate of drug-likeness (QED) is 0.362. The maximum absolute atomic E-state index is 13.3. The first-order valence-electron chi connectivity index (χ1n) is 10.6. The number of pyridine rings is 1. The van der Waals surface area contributed by atoms with Gasteiger partial charge in [0, 0.05) is 23.9 Å². The Bertz CT molecular complexity index is 1350. The Morgan fingerprint density at radius 2 is 1.62 bits per heavy atom. The van der Waals surface area contributed by atoms with E-state index in [0.29, 0.717) is 34.2 Å². The summed E-state index contributed by atoms with van der Waals surface area (Å²) in [4.78, 5) is 17.7. The van der Waals surface area contributed by atoms with Gasteiger partial charge in [0.25, 0.3) is 5.56 Å². The summed E-state index contributed by atoms with van der Waals surface area (Å²) in [7, 11) is 3.20. The fraction of sp³-hybridized carbons (Fsp3) is 0.154. The molecule has 1 heterocycles. The van der Waals surface area contributed by atoms with Crippen LogP contribution in [0, 0.1) is 5.82 Å². The third-order valence-corrected chi connectivity index (χ3v) is 5.77. The number of thiocarbonyl (C=S) groups is 1. The summed E-state index contributed by atoms with van der Waals surface area (Å²) in [5, 5.41) is 4.44. The maximum Gasteiger partial charge on any atom is 0.253 e. The van der Waals surface area contributed by atoms with Crippen molar-refractivity contribution >= 4 is 33.9 Å². The van der Waals surface area contributed by atoms with E-state index in [0.717, 1.165) is 16.7 Å². The first kappa shape index (κ1) is 23.3. The van der Waals surface area contributed by atoms with E-state index in [9.17, 15) is 9.18 Å². The van der Waals surface area contributed by atoms with Crippen molar-refractivity contribution in [2.45, 2.75) is 13.1 Å². The Hall–Kier alpha value is -3.91. The van der Waals surface area contributed by atoms with Crippen LogP contribution in [0.5, 0.6) is 11.5 Å². The van der Waals surface area contributed by atoms with Gasteiger partial charge < -0.3 is 24.7 Å². The Labute approximate surface area is 201 Å². The number of hydrogen-bond acceptors (Lipinski definition) is 4. The van der Waals surface area contributed by atoms with E-state index in [1.807, 2.05) is 47.4 Å². The number of nitrogens with one attached hydrogen (secondary N) is 2. The second-order valence-corrected chi connectivity index (χ2v) is 8.10. The van der Waals surface area contributed by atoms with E-state index < -0.39 is 0 Å². The molecule has 1 aromatic heterocycles. The molecule has 0 amide bonds. The molecule has 0 bridgehead atoms. The number of fused-ring (bicyclic) bond motifs is 1. The van der Waals surface area contributed by atoms with Crippen LogP contribution in [0.1, 0.15) is 11.1 Å². The minimum Gasteiger partial charge on any atom is -0.497 e. The maximum atomic E-state index is 13.3. The van der Waals surface area contributed by atoms with Gasteiger partial charge in [0.1, 0.15) is 17.3 Å². The van der Waals surface area contributed by atoms with Crippen molar-refractivity contribution in [1.29, 1.82) is 0 Å². The van der Waals surface area contributed by atoms with E-state index in [1.165, 1.54) is 12.1 Å². The van der Waals surface area contributed by atoms with Crippen molar-refractivity contribution in [3.05, 3.63) is 100 Å². The summed E-state index contributed by atoms with van der Waals surface area (Å²) in [6.45, 7) is 0.730. The lowest BCUT2D eigenvalue weighted by Gasteiger charge is -2.26. The first-order valence-corrected chi connectivity index (χ1v) is 11.0. The molecule has 174 valence electrons. The second-order valence-electron chi connectivity index (χ2n) is 7.72. The molecule has 0 fully saturated rings. The molecule has 3 aromatic carbocycles. The average molecular weight is 478 g/mol. The number of hydrogen-bond donors (Lipinski definition) is 2. The number of H-pyrrole nitrogens is 1. The van der Waals surface area contributed by atoms with Gasteiger partial charge in [-0.3, -0.25) is 4.79 Å². The number of aromatic amines is 1. The van der Waals surface area contributed by atoms with E-state index in [-0.39, 0.29) is 17.9 Å². The summed E-state index contributed by atoms with van der Waals surface area (Å²) in [5.74, 6) is 1.09. The Morgan fingerprint density at radius 3 is 2.29 bits per heavy atom. The Morgan fingerprint density at radius 1 is 0.941 bits per heavy atom. The van der Waals surface area contributed by atoms with Crippen LogP contribution < -0.4 is 20.3 Å². The van der Waals surface area contributed by atoms with Crippen molar-refractivity contribution < 1.29 is 13.9 Å². The molecule has 4 rings (SSSR count). The lowest BCUT2D eigenvalue weighted by atomic mass is 10.1. The van der Waals surface area contributed by atoms with E-state index in [2.05, 4.69) is 10.3 Å². The molecule has 0 unspecified atom stereocenters. The van der Waals surface area contributed by atoms with Gasteiger partial charge in [-0.2, -0.15) is 0 Å². The molecule has 0 saturated carbocycles. The molecule has 0 saturated heterocycles. The van der Waals surface area contributed by atoms with Crippen molar-refractivity contribution in [3.8, 4) is 11.5 Å². The normalized spacial score (nSPS) is 10.7. The SMILES string of the molecule is COc1ccc(CN(Cc2cc3ccc(OC)cc3[nH]c2=O)C(=S)Nc2ccc(F)cc2)cc1. The van der Waals surface area contributed by atoms with Crippen molar-refractivity contribution in [3.63, 3.8) is 0 Å². The second kappa shape index (κ2) is 10.4. The summed E-state index contributed by atoms with van der Waals surface area (Å²) >= 11 is 5.68. The average Bonchev–Trinajstić information content (AvgIpc) is 2.85. The number of benzene rings is 3. The van der Waals surface area contributed by atoms with Gasteiger partial charge in [-0.15, -0.1) is 0 Å². The molecule has 2 N–H and O–H groups in total. The molecular weight excluding hydrogens is 453 g/mol. The van der Waals surface area contributed by atoms with Crippen LogP contribution in [0.15, 0.2) is 77.6 Å². The standard InChI is InChI=1S/C26H24FN3O3S/c1-32-22-10-3-17(4-11-22)15-30(26(34)28-21-8-6-20(27)7-9-21)16-19-13-18-5-12-23(33-2)14-24(18)29-25(19)31/h3-14H,15-16H2,1-2H3,(H,28,34)(H,29,31). The largest absolute Gasteiger partial charge is 0.497 e. The highest BCUT2D eigenvalue weighted by Crippen LogP contribution is 2.20. The number of rotatable bonds is 7. The zero-order valence-electron chi connectivity index (χ0n) is 18.8. The van der Waals surface area contributed by atoms with Gasteiger partial charge >= 0.3 is 0 Å². The molecule has 0 aliphatic carbocycles. The Balaban J connectivity index is 1.63. The number of nitrogens with zero attached hydrogens (tertiary/aromatic N) is 1. The Kier molecular flexibility index (Phi) is 7.08. The molecule has 0 atom stereocenters. The van der Waals surface area contributed by atoms with Crippen LogP contribution in [0.25, 0.3) is 10.9 Å². The number of halogens is 1. The highest BCUT2D eigenvalue weighted by atomic mass is 32.1. The van der Waals surface area contributed by atoms with Crippen LogP contribution >= 0.6 is 12.2 Å². The fourth-order valence-electron chi connectivity index (χ4n) is 3.56. The van der Waals surface area contributed by atoms with Gasteiger partial charge in [0.15, 0.2) is 5.11 Å². The molecule has 0 spiro atoms. The van der Waals surface area contributed by atoms with Gasteiger partial charge in [0.05, 0.1) is 26.3 Å². The molecular formula is C26H24FN3O3S. The van der Waals surface area contributed by atoms with Crippen molar-refractivity contribution in [2.75, 3.05) is 19.5 Å². The van der Waals surface area contributed by atoms with Gasteiger partial charge in [-0.05, 0) is 77.8 Å². The third-order valence-electron chi connectivity index (χ3n) is 5.41. The third kappa shape index (κ3) is 5.52. The molecule has 4 aromatic rings. The minimum absolute atomic E-state index is 0.204. The monoisotopic (exact) mass is 477 g/mol. The van der Waals surface area contributed by atoms with E-state index in [1.54, 1.807) is 32.4 Å². The first-order chi connectivity index (χ1) is 16.4. The number of anilines is 1. The van der Waals surface area contributed by atoms with Crippen LogP contribution in [0.4, 0.5) is 10.1 Å². The van der Waals surface area contributed by atoms with Crippen molar-refractivity contribution in [1.82, 2.24) is 9.88 Å². The molecule has 0 aliphatic rings. The van der Waals surface area contributed by atoms with Gasteiger partial charge in [0.2, 0.25) is 0 Å². The van der Waals surface area contributed by atoms with Crippen LogP contribution in [0.2, 0.25) is 0 Å². The number of aromatic nitrogens is 1. The van der Waals surface area contributed by atoms with Crippen LogP contribution in [-0.2, 0) is 13.1 Å². The topological polar surface area (TPSA) is 66.6 Å². The van der Waals surface area contributed by atoms with E-state index >= 15 is 0 Å². The zero-order valence-corrected chi connectivity index (χ0v) is 19.6. The summed E-state index contributed by atoms with van der Waals surface area (Å²) in [6.07, 6.45) is 0. The predicted octanol–water partition coefficient (Wildman–Crippen LogP) is 5.08. The lowest BCUT2D eigenvalue weighted by Crippen LogP contribution is -2.35. The minimum atomic E-state index is -0.328. The highest BCUT2D eigenvalue weighted by molar-refractivity contribution is 7.80. The lowest BCUT2D eigenvalue weighted by molar-refractivity contribution is 0.406. The molecule has 0 radical (unpaired) electrons. The van der Waals surface area contributed by atoms with Crippen LogP contribution in [-0.4, -0.2) is 29.2 Å². The molecule has 8 heteroatoms. The van der Waals surface area contributed by atoms with Gasteiger partial charge in [-0.1, -0.05) is 12.1 Å². The molecule has 6 nitrogen and oxygen atoms in total. The summed E-state index contributed by atoms with van der Waals surface area (Å²) in [5.41, 5.74) is 2.71. The molecule has 0 aliphatic heterocycles. The zero-order chi connectivity index (χ0) is 24.1. The summed E-state index contributed by atoms with van der Waals surface area (Å²) < 4.78 is 23.8. The molecule has 34 heavy (non-hydrogen) atoms. The summed E-state index contributed by atoms with van der Waals surface area (Å²) in [6, 6.07) is 21.0. The van der Waals surface area contributed by atoms with Crippen molar-refractivity contribution in [2.24, 2.45) is 0 Å². The van der Waals surface area contributed by atoms with E-state index in [4.69, 9.17) is 21.7 Å². The predicted molar refractivity (Wildman–Crippen MR) is 136 cm³/mol. The van der Waals surface area contributed by atoms with Crippen LogP contribution in [0.3, 0.4) is 0 Å². The fourth-order valence-corrected chi connectivity index (χ4v) is 3.81.